The van der Waals surface area contributed by atoms with Crippen molar-refractivity contribution in [1.82, 2.24) is 5.32 Å². The molecule has 2 saturated carbocycles. The molecule has 2 fully saturated rings. The van der Waals surface area contributed by atoms with Gasteiger partial charge in [-0.05, 0) is 49.0 Å². The third-order valence-electron chi connectivity index (χ3n) is 4.62. The first-order chi connectivity index (χ1) is 9.22. The molecule has 104 valence electrons. The summed E-state index contributed by atoms with van der Waals surface area (Å²) in [6.07, 6.45) is 6.46. The third kappa shape index (κ3) is 3.00. The van der Waals surface area contributed by atoms with Crippen molar-refractivity contribution in [2.45, 2.75) is 50.6 Å². The van der Waals surface area contributed by atoms with Gasteiger partial charge in [0.25, 0.3) is 0 Å². The molecule has 19 heavy (non-hydrogen) atoms. The fraction of sp³-hybridized carbons (Fsp3) is 0.667. The molecule has 2 aliphatic rings. The highest BCUT2D eigenvalue weighted by atomic mass is 32.1. The Bertz CT molecular complexity index is 417. The van der Waals surface area contributed by atoms with Crippen molar-refractivity contribution in [2.75, 3.05) is 0 Å². The van der Waals surface area contributed by atoms with Gasteiger partial charge in [0.1, 0.15) is 0 Å². The van der Waals surface area contributed by atoms with E-state index in [2.05, 4.69) is 5.32 Å². The molecule has 2 atom stereocenters. The number of hydrogen-bond donors (Lipinski definition) is 2. The van der Waals surface area contributed by atoms with E-state index in [1.165, 1.54) is 19.3 Å². The Labute approximate surface area is 118 Å². The topological polar surface area (TPSA) is 55.1 Å². The Hall–Kier alpha value is -0.870. The lowest BCUT2D eigenvalue weighted by Crippen LogP contribution is -2.53. The van der Waals surface area contributed by atoms with Crippen LogP contribution in [0.2, 0.25) is 0 Å². The van der Waals surface area contributed by atoms with Crippen molar-refractivity contribution in [3.63, 3.8) is 0 Å². The number of amides is 1. The number of carbonyl (C=O) groups excluding carboxylic acids is 1. The average Bonchev–Trinajstić information content (AvgIpc) is 2.83. The van der Waals surface area contributed by atoms with E-state index in [0.717, 1.165) is 17.7 Å². The zero-order valence-corrected chi connectivity index (χ0v) is 12.0. The smallest absolute Gasteiger partial charge is 0.225 e. The largest absolute Gasteiger partial charge is 0.352 e. The first-order valence-electron chi connectivity index (χ1n) is 7.29. The van der Waals surface area contributed by atoms with Crippen LogP contribution in [0.25, 0.3) is 0 Å². The van der Waals surface area contributed by atoms with Gasteiger partial charge >= 0.3 is 0 Å². The number of hydrogen-bond acceptors (Lipinski definition) is 3. The maximum absolute atomic E-state index is 12.2. The van der Waals surface area contributed by atoms with Crippen molar-refractivity contribution >= 4 is 17.2 Å². The Morgan fingerprint density at radius 2 is 2.11 bits per heavy atom. The van der Waals surface area contributed by atoms with Crippen molar-refractivity contribution in [3.05, 3.63) is 22.4 Å². The van der Waals surface area contributed by atoms with Crippen LogP contribution in [-0.4, -0.2) is 18.0 Å². The van der Waals surface area contributed by atoms with Gasteiger partial charge in [0.2, 0.25) is 5.91 Å². The number of nitrogens with one attached hydrogen (secondary N) is 1. The summed E-state index contributed by atoms with van der Waals surface area (Å²) in [6.45, 7) is 0. The van der Waals surface area contributed by atoms with Crippen molar-refractivity contribution < 1.29 is 4.79 Å². The molecule has 0 saturated heterocycles. The second-order valence-electron chi connectivity index (χ2n) is 6.03. The quantitative estimate of drug-likeness (QED) is 0.891. The van der Waals surface area contributed by atoms with Crippen LogP contribution >= 0.6 is 11.3 Å². The maximum Gasteiger partial charge on any atom is 0.225 e. The summed E-state index contributed by atoms with van der Waals surface area (Å²) in [7, 11) is 0. The highest BCUT2D eigenvalue weighted by molar-refractivity contribution is 7.10. The highest BCUT2D eigenvalue weighted by Crippen LogP contribution is 2.39. The first kappa shape index (κ1) is 13.1. The zero-order chi connectivity index (χ0) is 13.2. The summed E-state index contributed by atoms with van der Waals surface area (Å²) in [5, 5.41) is 5.32. The van der Waals surface area contributed by atoms with Crippen LogP contribution in [0.15, 0.2) is 17.5 Å². The summed E-state index contributed by atoms with van der Waals surface area (Å²) >= 11 is 1.65. The second kappa shape index (κ2) is 5.63. The van der Waals surface area contributed by atoms with E-state index in [0.29, 0.717) is 30.3 Å². The molecule has 4 heteroatoms. The number of fused-ring (bicyclic) bond motifs is 2. The molecule has 3 nitrogen and oxygen atoms in total. The van der Waals surface area contributed by atoms with Crippen LogP contribution in [0.5, 0.6) is 0 Å². The minimum Gasteiger partial charge on any atom is -0.352 e. The molecule has 0 aromatic carbocycles. The highest BCUT2D eigenvalue weighted by Gasteiger charge is 2.39. The SMILES string of the molecule is NC1CC2CCCC(C1)C2NC(=O)Cc1cccs1. The van der Waals surface area contributed by atoms with Gasteiger partial charge < -0.3 is 11.1 Å². The molecule has 2 aliphatic carbocycles. The van der Waals surface area contributed by atoms with E-state index < -0.39 is 0 Å². The van der Waals surface area contributed by atoms with Gasteiger partial charge in [0, 0.05) is 17.0 Å². The minimum absolute atomic E-state index is 0.180. The zero-order valence-electron chi connectivity index (χ0n) is 11.2. The lowest BCUT2D eigenvalue weighted by Gasteiger charge is -2.45. The molecular weight excluding hydrogens is 256 g/mol. The Kier molecular flexibility index (Phi) is 3.89. The molecule has 2 bridgehead atoms. The summed E-state index contributed by atoms with van der Waals surface area (Å²) in [4.78, 5) is 13.3. The van der Waals surface area contributed by atoms with Crippen molar-refractivity contribution in [1.29, 1.82) is 0 Å². The molecule has 2 unspecified atom stereocenters. The molecule has 0 radical (unpaired) electrons. The van der Waals surface area contributed by atoms with E-state index >= 15 is 0 Å². The molecule has 3 rings (SSSR count). The molecule has 1 heterocycles. The number of nitrogens with two attached hydrogens (primary N) is 1. The van der Waals surface area contributed by atoms with E-state index in [1.807, 2.05) is 17.5 Å². The predicted octanol–water partition coefficient (Wildman–Crippen LogP) is 2.31. The standard InChI is InChI=1S/C15H22N2OS/c16-12-7-10-3-1-4-11(8-12)15(10)17-14(18)9-13-5-2-6-19-13/h2,5-6,10-12,15H,1,3-4,7-9,16H2,(H,17,18). The summed E-state index contributed by atoms with van der Waals surface area (Å²) in [5.41, 5.74) is 6.12. The third-order valence-corrected chi connectivity index (χ3v) is 5.50. The lowest BCUT2D eigenvalue weighted by atomic mass is 9.67. The van der Waals surface area contributed by atoms with Gasteiger partial charge in [-0.25, -0.2) is 0 Å². The maximum atomic E-state index is 12.2. The number of carbonyl (C=O) groups is 1. The predicted molar refractivity (Wildman–Crippen MR) is 78.0 cm³/mol. The number of thiophene rings is 1. The number of rotatable bonds is 3. The van der Waals surface area contributed by atoms with Gasteiger partial charge in [-0.1, -0.05) is 12.5 Å². The van der Waals surface area contributed by atoms with Crippen LogP contribution in [0.3, 0.4) is 0 Å². The van der Waals surface area contributed by atoms with Gasteiger partial charge in [-0.3, -0.25) is 4.79 Å². The Morgan fingerprint density at radius 3 is 2.74 bits per heavy atom. The Morgan fingerprint density at radius 1 is 1.37 bits per heavy atom. The average molecular weight is 278 g/mol. The fourth-order valence-corrected chi connectivity index (χ4v) is 4.54. The lowest BCUT2D eigenvalue weighted by molar-refractivity contribution is -0.122. The Balaban J connectivity index is 1.61. The van der Waals surface area contributed by atoms with Gasteiger partial charge in [0.05, 0.1) is 6.42 Å². The van der Waals surface area contributed by atoms with E-state index in [1.54, 1.807) is 11.3 Å². The molecule has 1 aromatic rings. The van der Waals surface area contributed by atoms with Crippen LogP contribution in [-0.2, 0) is 11.2 Å². The molecule has 1 aromatic heterocycles. The summed E-state index contributed by atoms with van der Waals surface area (Å²) in [5.74, 6) is 1.39. The van der Waals surface area contributed by atoms with Crippen LogP contribution in [0.1, 0.15) is 37.0 Å². The first-order valence-corrected chi connectivity index (χ1v) is 8.17. The van der Waals surface area contributed by atoms with E-state index in [4.69, 9.17) is 5.73 Å². The van der Waals surface area contributed by atoms with Crippen LogP contribution < -0.4 is 11.1 Å². The molecule has 0 spiro atoms. The van der Waals surface area contributed by atoms with E-state index in [-0.39, 0.29) is 5.91 Å². The molecule has 0 aliphatic heterocycles. The second-order valence-corrected chi connectivity index (χ2v) is 7.06. The van der Waals surface area contributed by atoms with Gasteiger partial charge in [0.15, 0.2) is 0 Å². The van der Waals surface area contributed by atoms with Crippen molar-refractivity contribution in [3.8, 4) is 0 Å². The molecule has 3 N–H and O–H groups in total. The normalized spacial score (nSPS) is 33.9. The van der Waals surface area contributed by atoms with E-state index in [9.17, 15) is 4.79 Å². The van der Waals surface area contributed by atoms with Gasteiger partial charge in [-0.15, -0.1) is 11.3 Å². The van der Waals surface area contributed by atoms with Crippen LogP contribution in [0.4, 0.5) is 0 Å². The van der Waals surface area contributed by atoms with Gasteiger partial charge in [-0.2, -0.15) is 0 Å². The summed E-state index contributed by atoms with van der Waals surface area (Å²) in [6, 6.07) is 4.76. The van der Waals surface area contributed by atoms with Crippen LogP contribution in [0, 0.1) is 11.8 Å². The monoisotopic (exact) mass is 278 g/mol. The summed E-state index contributed by atoms with van der Waals surface area (Å²) < 4.78 is 0. The minimum atomic E-state index is 0.180. The molecule has 1 amide bonds. The molecular formula is C15H22N2OS. The fourth-order valence-electron chi connectivity index (χ4n) is 3.83. The van der Waals surface area contributed by atoms with Crippen molar-refractivity contribution in [2.24, 2.45) is 17.6 Å².